The SMILES string of the molecule is CS(=O)Cc1cc2nc(c1)OCCOc1cc(F)ccc1-c1cc(ncc1F)N2. The fourth-order valence-electron chi connectivity index (χ4n) is 3.00. The van der Waals surface area contributed by atoms with E-state index in [0.29, 0.717) is 28.8 Å². The van der Waals surface area contributed by atoms with Gasteiger partial charge in [0.15, 0.2) is 0 Å². The number of halogens is 2. The molecule has 0 amide bonds. The van der Waals surface area contributed by atoms with Gasteiger partial charge in [-0.1, -0.05) is 0 Å². The number of nitrogens with one attached hydrogen (secondary N) is 1. The van der Waals surface area contributed by atoms with Crippen molar-refractivity contribution in [1.29, 1.82) is 0 Å². The number of aromatic nitrogens is 2. The predicted octanol–water partition coefficient (Wildman–Crippen LogP) is 3.82. The molecule has 4 rings (SSSR count). The Labute approximate surface area is 168 Å². The van der Waals surface area contributed by atoms with Gasteiger partial charge in [-0.2, -0.15) is 4.98 Å². The van der Waals surface area contributed by atoms with Crippen LogP contribution in [0.5, 0.6) is 11.6 Å². The number of benzene rings is 1. The Bertz CT molecular complexity index is 1090. The molecular formula is C20H17F2N3O3S. The molecule has 0 saturated heterocycles. The van der Waals surface area contributed by atoms with Crippen molar-refractivity contribution in [2.24, 2.45) is 0 Å². The van der Waals surface area contributed by atoms with E-state index >= 15 is 0 Å². The summed E-state index contributed by atoms with van der Waals surface area (Å²) in [6.07, 6.45) is 2.68. The molecule has 29 heavy (non-hydrogen) atoms. The van der Waals surface area contributed by atoms with E-state index in [1.165, 1.54) is 24.3 Å². The molecule has 0 aliphatic carbocycles. The number of hydrogen-bond donors (Lipinski definition) is 1. The first kappa shape index (κ1) is 19.3. The van der Waals surface area contributed by atoms with Crippen molar-refractivity contribution in [1.82, 2.24) is 9.97 Å². The molecule has 1 unspecified atom stereocenters. The van der Waals surface area contributed by atoms with E-state index in [-0.39, 0.29) is 24.5 Å². The van der Waals surface area contributed by atoms with Gasteiger partial charge in [-0.05, 0) is 29.8 Å². The molecule has 0 fully saturated rings. The second kappa shape index (κ2) is 8.12. The van der Waals surface area contributed by atoms with Crippen molar-refractivity contribution in [2.45, 2.75) is 5.75 Å². The van der Waals surface area contributed by atoms with Crippen LogP contribution in [-0.2, 0) is 16.6 Å². The van der Waals surface area contributed by atoms with Gasteiger partial charge < -0.3 is 14.8 Å². The van der Waals surface area contributed by atoms with Crippen molar-refractivity contribution in [3.63, 3.8) is 0 Å². The van der Waals surface area contributed by atoms with Gasteiger partial charge in [0.1, 0.15) is 42.2 Å². The molecule has 3 heterocycles. The zero-order valence-electron chi connectivity index (χ0n) is 15.4. The average molecular weight is 417 g/mol. The Kier molecular flexibility index (Phi) is 5.39. The van der Waals surface area contributed by atoms with Gasteiger partial charge in [-0.25, -0.2) is 13.8 Å². The van der Waals surface area contributed by atoms with Crippen molar-refractivity contribution >= 4 is 22.4 Å². The normalized spacial score (nSPS) is 14.0. The number of rotatable bonds is 2. The van der Waals surface area contributed by atoms with Crippen LogP contribution in [0, 0.1) is 11.6 Å². The first-order valence-corrected chi connectivity index (χ1v) is 10.5. The molecule has 1 aliphatic heterocycles. The molecule has 9 heteroatoms. The maximum absolute atomic E-state index is 14.5. The van der Waals surface area contributed by atoms with Crippen LogP contribution in [0.15, 0.2) is 42.6 Å². The number of hydrogen-bond acceptors (Lipinski definition) is 6. The molecule has 0 radical (unpaired) electrons. The average Bonchev–Trinajstić information content (AvgIpc) is 2.66. The molecule has 6 nitrogen and oxygen atoms in total. The molecule has 2 aromatic heterocycles. The third-order valence-corrected chi connectivity index (χ3v) is 4.91. The Morgan fingerprint density at radius 3 is 2.72 bits per heavy atom. The summed E-state index contributed by atoms with van der Waals surface area (Å²) in [6.45, 7) is 0.240. The van der Waals surface area contributed by atoms with Crippen molar-refractivity contribution in [3.8, 4) is 22.8 Å². The smallest absolute Gasteiger partial charge is 0.215 e. The maximum Gasteiger partial charge on any atom is 0.215 e. The Morgan fingerprint density at radius 1 is 1.07 bits per heavy atom. The van der Waals surface area contributed by atoms with E-state index in [4.69, 9.17) is 9.47 Å². The zero-order chi connectivity index (χ0) is 20.4. The van der Waals surface area contributed by atoms with Crippen molar-refractivity contribution in [2.75, 3.05) is 24.8 Å². The first-order valence-electron chi connectivity index (χ1n) is 8.77. The highest BCUT2D eigenvalue weighted by atomic mass is 32.2. The molecule has 3 aromatic rings. The summed E-state index contributed by atoms with van der Waals surface area (Å²) in [6, 6.07) is 8.84. The van der Waals surface area contributed by atoms with Gasteiger partial charge in [0.05, 0.1) is 6.20 Å². The fourth-order valence-corrected chi connectivity index (χ4v) is 3.63. The summed E-state index contributed by atoms with van der Waals surface area (Å²) in [4.78, 5) is 8.41. The molecule has 0 spiro atoms. The highest BCUT2D eigenvalue weighted by Crippen LogP contribution is 2.34. The lowest BCUT2D eigenvalue weighted by molar-refractivity contribution is 0.212. The van der Waals surface area contributed by atoms with E-state index in [9.17, 15) is 13.0 Å². The summed E-state index contributed by atoms with van der Waals surface area (Å²) in [5, 5.41) is 3.02. The van der Waals surface area contributed by atoms with E-state index < -0.39 is 22.4 Å². The molecular weight excluding hydrogens is 400 g/mol. The van der Waals surface area contributed by atoms with Gasteiger partial charge in [-0.3, -0.25) is 4.21 Å². The highest BCUT2D eigenvalue weighted by Gasteiger charge is 2.16. The van der Waals surface area contributed by atoms with Crippen molar-refractivity contribution in [3.05, 3.63) is 59.8 Å². The second-order valence-corrected chi connectivity index (χ2v) is 7.86. The van der Waals surface area contributed by atoms with Crippen LogP contribution in [0.25, 0.3) is 11.1 Å². The first-order chi connectivity index (χ1) is 14.0. The third kappa shape index (κ3) is 4.51. The van der Waals surface area contributed by atoms with E-state index in [1.807, 2.05) is 0 Å². The lowest BCUT2D eigenvalue weighted by Crippen LogP contribution is -2.11. The minimum absolute atomic E-state index is 0.102. The van der Waals surface area contributed by atoms with Crippen molar-refractivity contribution < 1.29 is 22.5 Å². The van der Waals surface area contributed by atoms with Gasteiger partial charge >= 0.3 is 0 Å². The summed E-state index contributed by atoms with van der Waals surface area (Å²) in [5.41, 5.74) is 1.38. The number of fused-ring (bicyclic) bond motifs is 6. The van der Waals surface area contributed by atoms with Gasteiger partial charge in [0.2, 0.25) is 5.88 Å². The van der Waals surface area contributed by atoms with E-state index in [0.717, 1.165) is 11.8 Å². The number of pyridine rings is 2. The number of ether oxygens (including phenoxy) is 2. The van der Waals surface area contributed by atoms with E-state index in [1.54, 1.807) is 18.4 Å². The topological polar surface area (TPSA) is 73.3 Å². The molecule has 4 bridgehead atoms. The predicted molar refractivity (Wildman–Crippen MR) is 106 cm³/mol. The lowest BCUT2D eigenvalue weighted by atomic mass is 10.0. The van der Waals surface area contributed by atoms with E-state index in [2.05, 4.69) is 15.3 Å². The third-order valence-electron chi connectivity index (χ3n) is 4.17. The summed E-state index contributed by atoms with van der Waals surface area (Å²) in [5.74, 6) is 0.549. The minimum atomic E-state index is -1.05. The Hall–Kier alpha value is -3.07. The van der Waals surface area contributed by atoms with Crippen LogP contribution in [0.3, 0.4) is 0 Å². The maximum atomic E-state index is 14.5. The summed E-state index contributed by atoms with van der Waals surface area (Å²) >= 11 is 0. The standard InChI is InChI=1S/C20H17F2N3O3S/c1-29(26)11-12-6-19-24-18-9-15(16(22)10-23-18)14-3-2-13(21)8-17(14)27-4-5-28-20(7-12)25-19/h2-3,6-10H,4-5,11H2,1H3,(H,23,24,25). The quantitative estimate of drug-likeness (QED) is 0.684. The number of anilines is 2. The Balaban J connectivity index is 1.80. The van der Waals surface area contributed by atoms with Gasteiger partial charge in [0.25, 0.3) is 0 Å². The summed E-state index contributed by atoms with van der Waals surface area (Å²) in [7, 11) is -1.05. The molecule has 1 aliphatic rings. The molecule has 0 saturated carbocycles. The van der Waals surface area contributed by atoms with Crippen LogP contribution in [0.4, 0.5) is 20.4 Å². The van der Waals surface area contributed by atoms with Crippen LogP contribution < -0.4 is 14.8 Å². The zero-order valence-corrected chi connectivity index (χ0v) is 16.3. The van der Waals surface area contributed by atoms with Crippen LogP contribution in [0.2, 0.25) is 0 Å². The van der Waals surface area contributed by atoms with Crippen LogP contribution in [0.1, 0.15) is 5.56 Å². The summed E-state index contributed by atoms with van der Waals surface area (Å²) < 4.78 is 51.2. The molecule has 1 atom stereocenters. The Morgan fingerprint density at radius 2 is 1.90 bits per heavy atom. The molecule has 1 N–H and O–H groups in total. The van der Waals surface area contributed by atoms with Gasteiger partial charge in [-0.15, -0.1) is 0 Å². The van der Waals surface area contributed by atoms with Crippen LogP contribution >= 0.6 is 0 Å². The van der Waals surface area contributed by atoms with Crippen LogP contribution in [-0.4, -0.2) is 33.6 Å². The minimum Gasteiger partial charge on any atom is -0.489 e. The highest BCUT2D eigenvalue weighted by molar-refractivity contribution is 7.83. The monoisotopic (exact) mass is 417 g/mol. The number of nitrogens with zero attached hydrogens (tertiary/aromatic N) is 2. The van der Waals surface area contributed by atoms with Gasteiger partial charge in [0, 0.05) is 46.1 Å². The fraction of sp³-hybridized carbons (Fsp3) is 0.200. The largest absolute Gasteiger partial charge is 0.489 e. The molecule has 1 aromatic carbocycles. The lowest BCUT2D eigenvalue weighted by Gasteiger charge is -2.13. The second-order valence-electron chi connectivity index (χ2n) is 6.43. The molecule has 150 valence electrons.